The Bertz CT molecular complexity index is 372. The molecule has 0 spiro atoms. The van der Waals surface area contributed by atoms with Gasteiger partial charge >= 0.3 is 12.1 Å². The number of carbonyl (C=O) groups excluding carboxylic acids is 2. The number of rotatable bonds is 4. The van der Waals surface area contributed by atoms with Crippen molar-refractivity contribution < 1.29 is 20.5 Å². The molecular weight excluding hydrogens is 278 g/mol. The zero-order valence-corrected chi connectivity index (χ0v) is 13.9. The number of carbonyl (C=O) groups is 2. The van der Waals surface area contributed by atoms with Crippen LogP contribution in [0.15, 0.2) is 0 Å². The molecular formula is C14H27NO4S. The predicted octanol–water partition coefficient (Wildman–Crippen LogP) is 2.97. The molecule has 118 valence electrons. The second-order valence-corrected chi connectivity index (χ2v) is 8.26. The maximum atomic E-state index is 12.1. The Morgan fingerprint density at radius 2 is 1.70 bits per heavy atom. The molecule has 1 aliphatic rings. The van der Waals surface area contributed by atoms with E-state index in [-0.39, 0.29) is 1.43 Å². The quantitative estimate of drug-likeness (QED) is 0.639. The van der Waals surface area contributed by atoms with Crippen LogP contribution in [-0.2, 0) is 14.3 Å². The summed E-state index contributed by atoms with van der Waals surface area (Å²) in [6, 6.07) is -0.649. The summed E-state index contributed by atoms with van der Waals surface area (Å²) in [6.07, 6.45) is -0.00209. The van der Waals surface area contributed by atoms with Gasteiger partial charge in [0.15, 0.2) is 0 Å². The Morgan fingerprint density at radius 3 is 2.10 bits per heavy atom. The molecule has 1 heterocycles. The smallest absolute Gasteiger partial charge is 0.408 e. The lowest BCUT2D eigenvalue weighted by Crippen LogP contribution is -2.46. The van der Waals surface area contributed by atoms with Crippen LogP contribution in [0.4, 0.5) is 4.79 Å². The fourth-order valence-corrected chi connectivity index (χ4v) is 2.10. The minimum atomic E-state index is -0.649. The summed E-state index contributed by atoms with van der Waals surface area (Å²) in [7, 11) is 0. The standard InChI is InChI=1S/C14H25NO4S.H2/c1-13(2,3)18-11(16)10(7-9-8-20-9)15-12(17)19-14(4,5)6;/h9-10H,7-8H2,1-6H3,(H,15,17);1H/t9?,10-;/m0./s1. The van der Waals surface area contributed by atoms with Crippen LogP contribution in [0.5, 0.6) is 0 Å². The Balaban J connectivity index is 0.00000400. The molecule has 2 atom stereocenters. The first-order chi connectivity index (χ1) is 8.96. The molecule has 1 N–H and O–H groups in total. The van der Waals surface area contributed by atoms with E-state index < -0.39 is 29.3 Å². The van der Waals surface area contributed by atoms with E-state index in [2.05, 4.69) is 5.32 Å². The van der Waals surface area contributed by atoms with Crippen LogP contribution < -0.4 is 5.32 Å². The average Bonchev–Trinajstić information content (AvgIpc) is 2.94. The van der Waals surface area contributed by atoms with Gasteiger partial charge in [0.25, 0.3) is 0 Å². The van der Waals surface area contributed by atoms with Gasteiger partial charge in [0, 0.05) is 12.4 Å². The molecule has 0 bridgehead atoms. The second-order valence-electron chi connectivity index (χ2n) is 6.92. The Labute approximate surface area is 126 Å². The molecule has 1 fully saturated rings. The lowest BCUT2D eigenvalue weighted by atomic mass is 10.1. The number of amides is 1. The number of thioether (sulfide) groups is 1. The normalized spacial score (nSPS) is 20.0. The first-order valence-corrected chi connectivity index (χ1v) is 7.85. The average molecular weight is 305 g/mol. The van der Waals surface area contributed by atoms with Crippen molar-refractivity contribution in [1.29, 1.82) is 0 Å². The van der Waals surface area contributed by atoms with E-state index in [0.29, 0.717) is 11.7 Å². The van der Waals surface area contributed by atoms with Crippen LogP contribution in [0, 0.1) is 0 Å². The third-order valence-electron chi connectivity index (χ3n) is 2.28. The van der Waals surface area contributed by atoms with Crippen molar-refractivity contribution in [1.82, 2.24) is 5.32 Å². The fraction of sp³-hybridized carbons (Fsp3) is 0.857. The van der Waals surface area contributed by atoms with Crippen molar-refractivity contribution in [3.05, 3.63) is 0 Å². The first-order valence-electron chi connectivity index (χ1n) is 6.80. The zero-order valence-electron chi connectivity index (χ0n) is 13.1. The minimum Gasteiger partial charge on any atom is -0.458 e. The summed E-state index contributed by atoms with van der Waals surface area (Å²) in [5.41, 5.74) is -1.15. The molecule has 1 unspecified atom stereocenters. The van der Waals surface area contributed by atoms with Crippen LogP contribution in [0.2, 0.25) is 0 Å². The van der Waals surface area contributed by atoms with Crippen LogP contribution in [0.1, 0.15) is 49.4 Å². The van der Waals surface area contributed by atoms with E-state index in [9.17, 15) is 9.59 Å². The molecule has 1 rings (SSSR count). The monoisotopic (exact) mass is 305 g/mol. The predicted molar refractivity (Wildman–Crippen MR) is 82.0 cm³/mol. The van der Waals surface area contributed by atoms with Crippen LogP contribution in [-0.4, -0.2) is 40.3 Å². The molecule has 1 saturated heterocycles. The van der Waals surface area contributed by atoms with Crippen molar-refractivity contribution in [3.63, 3.8) is 0 Å². The van der Waals surface area contributed by atoms with Crippen molar-refractivity contribution >= 4 is 23.8 Å². The molecule has 0 aromatic heterocycles. The maximum Gasteiger partial charge on any atom is 0.408 e. The van der Waals surface area contributed by atoms with Crippen molar-refractivity contribution in [2.24, 2.45) is 0 Å². The third-order valence-corrected chi connectivity index (χ3v) is 3.28. The molecule has 6 heteroatoms. The molecule has 1 amide bonds. The molecule has 0 aliphatic carbocycles. The van der Waals surface area contributed by atoms with E-state index >= 15 is 0 Å². The number of alkyl carbamates (subject to hydrolysis) is 1. The number of hydrogen-bond acceptors (Lipinski definition) is 5. The van der Waals surface area contributed by atoms with Gasteiger partial charge in [-0.15, -0.1) is 0 Å². The Hall–Kier alpha value is -0.910. The molecule has 1 aliphatic heterocycles. The summed E-state index contributed by atoms with van der Waals surface area (Å²) < 4.78 is 10.5. The molecule has 0 saturated carbocycles. The highest BCUT2D eigenvalue weighted by atomic mass is 32.2. The molecule has 0 radical (unpaired) electrons. The van der Waals surface area contributed by atoms with Gasteiger partial charge in [-0.05, 0) is 48.0 Å². The van der Waals surface area contributed by atoms with E-state index in [1.807, 2.05) is 0 Å². The first kappa shape index (κ1) is 17.1. The Morgan fingerprint density at radius 1 is 1.20 bits per heavy atom. The minimum absolute atomic E-state index is 0. The SMILES string of the molecule is CC(C)(C)OC(=O)N[C@@H](CC1CS1)C(=O)OC(C)(C)C.[HH]. The Kier molecular flexibility index (Phi) is 5.35. The lowest BCUT2D eigenvalue weighted by molar-refractivity contribution is -0.157. The van der Waals surface area contributed by atoms with Gasteiger partial charge in [0.05, 0.1) is 0 Å². The van der Waals surface area contributed by atoms with E-state index in [1.54, 1.807) is 53.3 Å². The summed E-state index contributed by atoms with van der Waals surface area (Å²) in [4.78, 5) is 23.9. The summed E-state index contributed by atoms with van der Waals surface area (Å²) in [5.74, 6) is 0.616. The number of hydrogen-bond donors (Lipinski definition) is 1. The maximum absolute atomic E-state index is 12.1. The fourth-order valence-electron chi connectivity index (χ4n) is 1.50. The van der Waals surface area contributed by atoms with Gasteiger partial charge in [0.2, 0.25) is 0 Å². The van der Waals surface area contributed by atoms with Crippen molar-refractivity contribution in [3.8, 4) is 0 Å². The second kappa shape index (κ2) is 6.24. The number of nitrogens with one attached hydrogen (secondary N) is 1. The van der Waals surface area contributed by atoms with Crippen LogP contribution in [0.25, 0.3) is 0 Å². The molecule has 20 heavy (non-hydrogen) atoms. The van der Waals surface area contributed by atoms with Crippen molar-refractivity contribution in [2.75, 3.05) is 5.75 Å². The van der Waals surface area contributed by atoms with Crippen molar-refractivity contribution in [2.45, 2.75) is 70.5 Å². The van der Waals surface area contributed by atoms with E-state index in [0.717, 1.165) is 5.75 Å². The van der Waals surface area contributed by atoms with Gasteiger partial charge in [0.1, 0.15) is 17.2 Å². The highest BCUT2D eigenvalue weighted by Gasteiger charge is 2.34. The van der Waals surface area contributed by atoms with Gasteiger partial charge in [-0.2, -0.15) is 11.8 Å². The van der Waals surface area contributed by atoms with Gasteiger partial charge in [-0.1, -0.05) is 0 Å². The molecule has 0 aromatic rings. The lowest BCUT2D eigenvalue weighted by Gasteiger charge is -2.26. The van der Waals surface area contributed by atoms with Gasteiger partial charge in [-0.3, -0.25) is 0 Å². The summed E-state index contributed by atoms with van der Waals surface area (Å²) >= 11 is 1.77. The number of esters is 1. The molecule has 0 aromatic carbocycles. The van der Waals surface area contributed by atoms with Crippen LogP contribution in [0.3, 0.4) is 0 Å². The summed E-state index contributed by atoms with van der Waals surface area (Å²) in [6.45, 7) is 10.8. The molecule has 5 nitrogen and oxygen atoms in total. The van der Waals surface area contributed by atoms with Gasteiger partial charge < -0.3 is 14.8 Å². The third kappa shape index (κ3) is 7.62. The highest BCUT2D eigenvalue weighted by molar-refractivity contribution is 8.06. The summed E-state index contributed by atoms with van der Waals surface area (Å²) in [5, 5.41) is 3.04. The van der Waals surface area contributed by atoms with Crippen LogP contribution >= 0.6 is 11.8 Å². The topological polar surface area (TPSA) is 64.6 Å². The number of ether oxygens (including phenoxy) is 2. The van der Waals surface area contributed by atoms with Gasteiger partial charge in [-0.25, -0.2) is 9.59 Å². The highest BCUT2D eigenvalue weighted by Crippen LogP contribution is 2.34. The van der Waals surface area contributed by atoms with E-state index in [1.165, 1.54) is 0 Å². The van der Waals surface area contributed by atoms with E-state index in [4.69, 9.17) is 9.47 Å². The largest absolute Gasteiger partial charge is 0.458 e. The zero-order chi connectivity index (χ0) is 15.6.